The molecule has 1 saturated heterocycles. The van der Waals surface area contributed by atoms with Gasteiger partial charge in [-0.15, -0.1) is 5.10 Å². The number of carbonyl (C=O) groups excluding carboxylic acids is 1. The van der Waals surface area contributed by atoms with Crippen molar-refractivity contribution in [3.8, 4) is 11.6 Å². The van der Waals surface area contributed by atoms with E-state index in [0.29, 0.717) is 17.0 Å². The monoisotopic (exact) mass is 366 g/mol. The third-order valence-electron chi connectivity index (χ3n) is 5.90. The Labute approximate surface area is 156 Å². The molecule has 5 rings (SSSR count). The number of nitrogens with one attached hydrogen (secondary N) is 2. The number of para-hydroxylation sites is 1. The molecule has 0 radical (unpaired) electrons. The standard InChI is InChI=1S/C19H22N6O2/c1-12(17(26)25-10-8-19(6-7-19)9-11-25)20-18-24-23-16(27-18)15-13-4-2-3-5-14(13)21-22-15/h2-5,12H,6-11H2,1H3,(H,20,24)(H,21,22)/t12-/m0/s1. The summed E-state index contributed by atoms with van der Waals surface area (Å²) in [5.41, 5.74) is 2.07. The van der Waals surface area contributed by atoms with E-state index in [4.69, 9.17) is 4.42 Å². The number of hydrogen-bond acceptors (Lipinski definition) is 6. The average Bonchev–Trinajstić information content (AvgIpc) is 3.09. The van der Waals surface area contributed by atoms with Gasteiger partial charge >= 0.3 is 6.01 Å². The minimum Gasteiger partial charge on any atom is -0.402 e. The minimum atomic E-state index is -0.412. The summed E-state index contributed by atoms with van der Waals surface area (Å²) in [6.45, 7) is 3.53. The Morgan fingerprint density at radius 3 is 2.78 bits per heavy atom. The van der Waals surface area contributed by atoms with Crippen molar-refractivity contribution in [1.29, 1.82) is 0 Å². The molecule has 140 valence electrons. The van der Waals surface area contributed by atoms with Crippen LogP contribution in [0.3, 0.4) is 0 Å². The maximum atomic E-state index is 12.7. The van der Waals surface area contributed by atoms with Crippen LogP contribution in [0, 0.1) is 5.41 Å². The van der Waals surface area contributed by atoms with Crippen molar-refractivity contribution >= 4 is 22.8 Å². The van der Waals surface area contributed by atoms with Gasteiger partial charge in [-0.25, -0.2) is 0 Å². The molecule has 2 aliphatic rings. The van der Waals surface area contributed by atoms with E-state index < -0.39 is 6.04 Å². The van der Waals surface area contributed by atoms with E-state index in [-0.39, 0.29) is 11.9 Å². The summed E-state index contributed by atoms with van der Waals surface area (Å²) in [5.74, 6) is 0.428. The number of nitrogens with zero attached hydrogens (tertiary/aromatic N) is 4. The zero-order valence-electron chi connectivity index (χ0n) is 15.2. The van der Waals surface area contributed by atoms with Gasteiger partial charge < -0.3 is 14.6 Å². The Morgan fingerprint density at radius 1 is 1.22 bits per heavy atom. The van der Waals surface area contributed by atoms with Crippen LogP contribution in [0.5, 0.6) is 0 Å². The van der Waals surface area contributed by atoms with Gasteiger partial charge in [0.15, 0.2) is 0 Å². The molecule has 0 bridgehead atoms. The summed E-state index contributed by atoms with van der Waals surface area (Å²) in [6, 6.07) is 7.54. The van der Waals surface area contributed by atoms with Crippen LogP contribution < -0.4 is 5.32 Å². The number of piperidine rings is 1. The highest BCUT2D eigenvalue weighted by molar-refractivity contribution is 5.90. The lowest BCUT2D eigenvalue weighted by Gasteiger charge is -2.33. The second-order valence-corrected chi connectivity index (χ2v) is 7.72. The summed E-state index contributed by atoms with van der Waals surface area (Å²) in [6.07, 6.45) is 4.91. The topological polar surface area (TPSA) is 99.9 Å². The van der Waals surface area contributed by atoms with Gasteiger partial charge in [0.1, 0.15) is 11.7 Å². The van der Waals surface area contributed by atoms with Crippen LogP contribution in [0.2, 0.25) is 0 Å². The number of carbonyl (C=O) groups is 1. The first-order valence-electron chi connectivity index (χ1n) is 9.46. The number of H-pyrrole nitrogens is 1. The second-order valence-electron chi connectivity index (χ2n) is 7.72. The van der Waals surface area contributed by atoms with Gasteiger partial charge in [0, 0.05) is 18.5 Å². The van der Waals surface area contributed by atoms with Crippen LogP contribution in [-0.2, 0) is 4.79 Å². The van der Waals surface area contributed by atoms with E-state index in [1.165, 1.54) is 12.8 Å². The molecule has 8 nitrogen and oxygen atoms in total. The maximum Gasteiger partial charge on any atom is 0.316 e. The van der Waals surface area contributed by atoms with Gasteiger partial charge in [-0.05, 0) is 44.1 Å². The molecule has 2 N–H and O–H groups in total. The molecule has 1 amide bonds. The smallest absolute Gasteiger partial charge is 0.316 e. The fourth-order valence-electron chi connectivity index (χ4n) is 3.90. The highest BCUT2D eigenvalue weighted by Gasteiger charge is 2.45. The third-order valence-corrected chi connectivity index (χ3v) is 5.90. The van der Waals surface area contributed by atoms with Crippen molar-refractivity contribution in [2.24, 2.45) is 5.41 Å². The quantitative estimate of drug-likeness (QED) is 0.736. The Morgan fingerprint density at radius 2 is 2.00 bits per heavy atom. The maximum absolute atomic E-state index is 12.7. The summed E-state index contributed by atoms with van der Waals surface area (Å²) in [5, 5.41) is 19.2. The fraction of sp³-hybridized carbons (Fsp3) is 0.474. The third kappa shape index (κ3) is 2.94. The number of amides is 1. The van der Waals surface area contributed by atoms with Gasteiger partial charge in [-0.2, -0.15) is 5.10 Å². The molecule has 1 saturated carbocycles. The number of anilines is 1. The van der Waals surface area contributed by atoms with Crippen molar-refractivity contribution < 1.29 is 9.21 Å². The molecule has 1 aliphatic carbocycles. The molecular formula is C19H22N6O2. The normalized spacial score (nSPS) is 19.4. The Bertz CT molecular complexity index is 979. The van der Waals surface area contributed by atoms with E-state index >= 15 is 0 Å². The number of aromatic nitrogens is 4. The Balaban J connectivity index is 1.27. The second kappa shape index (κ2) is 6.07. The number of benzene rings is 1. The predicted molar refractivity (Wildman–Crippen MR) is 100.0 cm³/mol. The van der Waals surface area contributed by atoms with Crippen molar-refractivity contribution in [2.45, 2.75) is 38.6 Å². The SMILES string of the molecule is C[C@H](Nc1nnc(-c2[nH]nc3ccccc23)o1)C(=O)N1CCC2(CC1)CC2. The molecule has 2 aromatic heterocycles. The van der Waals surface area contributed by atoms with Crippen molar-refractivity contribution in [2.75, 3.05) is 18.4 Å². The van der Waals surface area contributed by atoms with Gasteiger partial charge in [-0.1, -0.05) is 23.3 Å². The summed E-state index contributed by atoms with van der Waals surface area (Å²) in [4.78, 5) is 14.6. The molecule has 1 aliphatic heterocycles. The zero-order valence-corrected chi connectivity index (χ0v) is 15.2. The zero-order chi connectivity index (χ0) is 18.4. The van der Waals surface area contributed by atoms with Crippen molar-refractivity contribution in [1.82, 2.24) is 25.3 Å². The molecule has 3 aromatic rings. The van der Waals surface area contributed by atoms with Crippen LogP contribution >= 0.6 is 0 Å². The first kappa shape index (κ1) is 16.3. The lowest BCUT2D eigenvalue weighted by Crippen LogP contribution is -2.45. The van der Waals surface area contributed by atoms with Crippen LogP contribution in [-0.4, -0.2) is 50.3 Å². The van der Waals surface area contributed by atoms with Gasteiger partial charge in [0.2, 0.25) is 5.91 Å². The first-order chi connectivity index (χ1) is 13.1. The van der Waals surface area contributed by atoms with Gasteiger partial charge in [0.05, 0.1) is 5.52 Å². The average molecular weight is 366 g/mol. The largest absolute Gasteiger partial charge is 0.402 e. The van der Waals surface area contributed by atoms with Crippen LogP contribution in [0.1, 0.15) is 32.6 Å². The Kier molecular flexibility index (Phi) is 3.66. The van der Waals surface area contributed by atoms with Gasteiger partial charge in [0.25, 0.3) is 5.89 Å². The summed E-state index contributed by atoms with van der Waals surface area (Å²) >= 11 is 0. The highest BCUT2D eigenvalue weighted by atomic mass is 16.4. The minimum absolute atomic E-state index is 0.0808. The molecular weight excluding hydrogens is 344 g/mol. The van der Waals surface area contributed by atoms with E-state index in [1.807, 2.05) is 36.1 Å². The van der Waals surface area contributed by atoms with Crippen molar-refractivity contribution in [3.05, 3.63) is 24.3 Å². The van der Waals surface area contributed by atoms with Crippen LogP contribution in [0.15, 0.2) is 28.7 Å². The van der Waals surface area contributed by atoms with Crippen LogP contribution in [0.4, 0.5) is 6.01 Å². The van der Waals surface area contributed by atoms with E-state index in [2.05, 4.69) is 25.7 Å². The Hall–Kier alpha value is -2.90. The number of aromatic amines is 1. The highest BCUT2D eigenvalue weighted by Crippen LogP contribution is 2.53. The fourth-order valence-corrected chi connectivity index (χ4v) is 3.90. The predicted octanol–water partition coefficient (Wildman–Crippen LogP) is 2.82. The number of likely N-dealkylation sites (tertiary alicyclic amines) is 1. The lowest BCUT2D eigenvalue weighted by atomic mass is 9.93. The van der Waals surface area contributed by atoms with E-state index in [9.17, 15) is 4.79 Å². The van der Waals surface area contributed by atoms with Crippen molar-refractivity contribution in [3.63, 3.8) is 0 Å². The van der Waals surface area contributed by atoms with Crippen LogP contribution in [0.25, 0.3) is 22.5 Å². The molecule has 8 heteroatoms. The van der Waals surface area contributed by atoms with E-state index in [0.717, 1.165) is 36.8 Å². The lowest BCUT2D eigenvalue weighted by molar-refractivity contribution is -0.133. The number of hydrogen-bond donors (Lipinski definition) is 2. The molecule has 3 heterocycles. The number of rotatable bonds is 4. The molecule has 27 heavy (non-hydrogen) atoms. The molecule has 1 aromatic carbocycles. The van der Waals surface area contributed by atoms with E-state index in [1.54, 1.807) is 0 Å². The molecule has 1 spiro atoms. The molecule has 2 fully saturated rings. The molecule has 0 unspecified atom stereocenters. The first-order valence-corrected chi connectivity index (χ1v) is 9.46. The summed E-state index contributed by atoms with van der Waals surface area (Å²) < 4.78 is 5.71. The molecule has 1 atom stereocenters. The summed E-state index contributed by atoms with van der Waals surface area (Å²) in [7, 11) is 0. The van der Waals surface area contributed by atoms with Gasteiger partial charge in [-0.3, -0.25) is 9.89 Å². The number of fused-ring (bicyclic) bond motifs is 1.